The van der Waals surface area contributed by atoms with Gasteiger partial charge in [0.15, 0.2) is 5.11 Å². The fraction of sp³-hybridized carbons (Fsp3) is 0.846. The number of nitrogens with one attached hydrogen (secondary N) is 1. The predicted molar refractivity (Wildman–Crippen MR) is 74.6 cm³/mol. The maximum absolute atomic E-state index is 8.84. The Balaban J connectivity index is 2.40. The molecule has 96 valence electrons. The third-order valence-electron chi connectivity index (χ3n) is 3.32. The molecule has 0 saturated heterocycles. The zero-order chi connectivity index (χ0) is 12.7. The molecular weight excluding hydrogens is 230 g/mol. The van der Waals surface area contributed by atoms with Gasteiger partial charge >= 0.3 is 0 Å². The van der Waals surface area contributed by atoms with Crippen molar-refractivity contribution in [2.45, 2.75) is 52.0 Å². The first-order valence-corrected chi connectivity index (χ1v) is 7.03. The van der Waals surface area contributed by atoms with Crippen LogP contribution in [0.4, 0.5) is 0 Å². The number of nitriles is 1. The van der Waals surface area contributed by atoms with Gasteiger partial charge in [0.05, 0.1) is 12.0 Å². The van der Waals surface area contributed by atoms with Crippen molar-refractivity contribution >= 4 is 17.3 Å². The van der Waals surface area contributed by atoms with Gasteiger partial charge in [-0.25, -0.2) is 0 Å². The lowest BCUT2D eigenvalue weighted by molar-refractivity contribution is 0.365. The van der Waals surface area contributed by atoms with E-state index in [4.69, 9.17) is 17.5 Å². The summed E-state index contributed by atoms with van der Waals surface area (Å²) in [6.07, 6.45) is 6.42. The van der Waals surface area contributed by atoms with Gasteiger partial charge in [0.1, 0.15) is 0 Å². The fourth-order valence-corrected chi connectivity index (χ4v) is 2.61. The minimum atomic E-state index is 0.0288. The van der Waals surface area contributed by atoms with E-state index in [1.54, 1.807) is 0 Å². The first kappa shape index (κ1) is 14.2. The smallest absolute Gasteiger partial charge is 0.169 e. The van der Waals surface area contributed by atoms with Gasteiger partial charge in [-0.15, -0.1) is 0 Å². The summed E-state index contributed by atoms with van der Waals surface area (Å²) in [5.41, 5.74) is 0. The van der Waals surface area contributed by atoms with Crippen molar-refractivity contribution in [3.63, 3.8) is 0 Å². The van der Waals surface area contributed by atoms with Crippen molar-refractivity contribution in [2.24, 2.45) is 5.92 Å². The lowest BCUT2D eigenvalue weighted by Gasteiger charge is -2.30. The zero-order valence-corrected chi connectivity index (χ0v) is 11.7. The number of thiocarbonyl (C=S) groups is 1. The molecule has 1 saturated carbocycles. The van der Waals surface area contributed by atoms with Gasteiger partial charge in [-0.05, 0) is 38.9 Å². The Morgan fingerprint density at radius 1 is 1.47 bits per heavy atom. The molecular formula is C13H23N3S. The SMILES string of the molecule is CCN(CC(C)C#N)C(=S)NC1CCCCC1. The molecule has 0 aliphatic heterocycles. The molecule has 0 aromatic rings. The largest absolute Gasteiger partial charge is 0.360 e. The summed E-state index contributed by atoms with van der Waals surface area (Å²) in [7, 11) is 0. The monoisotopic (exact) mass is 253 g/mol. The molecule has 0 radical (unpaired) electrons. The summed E-state index contributed by atoms with van der Waals surface area (Å²) < 4.78 is 0. The van der Waals surface area contributed by atoms with Crippen molar-refractivity contribution in [3.8, 4) is 6.07 Å². The van der Waals surface area contributed by atoms with Crippen LogP contribution in [0.2, 0.25) is 0 Å². The van der Waals surface area contributed by atoms with E-state index in [2.05, 4.69) is 23.2 Å². The van der Waals surface area contributed by atoms with Gasteiger partial charge in [0.2, 0.25) is 0 Å². The number of nitrogens with zero attached hydrogens (tertiary/aromatic N) is 2. The van der Waals surface area contributed by atoms with Gasteiger partial charge in [-0.1, -0.05) is 19.3 Å². The molecule has 1 N–H and O–H groups in total. The average molecular weight is 253 g/mol. The molecule has 1 unspecified atom stereocenters. The Labute approximate surface area is 110 Å². The molecule has 1 aliphatic carbocycles. The highest BCUT2D eigenvalue weighted by Gasteiger charge is 2.17. The quantitative estimate of drug-likeness (QED) is 0.782. The zero-order valence-electron chi connectivity index (χ0n) is 10.9. The van der Waals surface area contributed by atoms with E-state index >= 15 is 0 Å². The molecule has 17 heavy (non-hydrogen) atoms. The summed E-state index contributed by atoms with van der Waals surface area (Å²) in [6, 6.07) is 2.80. The second-order valence-corrected chi connectivity index (χ2v) is 5.24. The highest BCUT2D eigenvalue weighted by molar-refractivity contribution is 7.80. The van der Waals surface area contributed by atoms with Crippen LogP contribution in [-0.4, -0.2) is 29.1 Å². The molecule has 1 rings (SSSR count). The molecule has 0 aromatic carbocycles. The van der Waals surface area contributed by atoms with Crippen molar-refractivity contribution in [3.05, 3.63) is 0 Å². The molecule has 0 bridgehead atoms. The Morgan fingerprint density at radius 2 is 2.12 bits per heavy atom. The van der Waals surface area contributed by atoms with Crippen molar-refractivity contribution in [1.29, 1.82) is 5.26 Å². The minimum absolute atomic E-state index is 0.0288. The summed E-state index contributed by atoms with van der Waals surface area (Å²) in [6.45, 7) is 5.61. The topological polar surface area (TPSA) is 39.1 Å². The molecule has 1 atom stereocenters. The fourth-order valence-electron chi connectivity index (χ4n) is 2.24. The lowest BCUT2D eigenvalue weighted by atomic mass is 9.96. The van der Waals surface area contributed by atoms with Crippen LogP contribution >= 0.6 is 12.2 Å². The van der Waals surface area contributed by atoms with E-state index in [9.17, 15) is 0 Å². The molecule has 0 aromatic heterocycles. The molecule has 3 nitrogen and oxygen atoms in total. The van der Waals surface area contributed by atoms with Crippen LogP contribution in [0, 0.1) is 17.2 Å². The molecule has 4 heteroatoms. The lowest BCUT2D eigenvalue weighted by Crippen LogP contribution is -2.46. The maximum atomic E-state index is 8.84. The Morgan fingerprint density at radius 3 is 2.65 bits per heavy atom. The molecule has 1 aliphatic rings. The van der Waals surface area contributed by atoms with Crippen LogP contribution in [0.5, 0.6) is 0 Å². The van der Waals surface area contributed by atoms with Crippen molar-refractivity contribution in [1.82, 2.24) is 10.2 Å². The summed E-state index contributed by atoms with van der Waals surface area (Å²) in [5, 5.41) is 13.1. The number of hydrogen-bond donors (Lipinski definition) is 1. The summed E-state index contributed by atoms with van der Waals surface area (Å²) >= 11 is 5.43. The van der Waals surface area contributed by atoms with Gasteiger partial charge < -0.3 is 10.2 Å². The van der Waals surface area contributed by atoms with E-state index in [0.29, 0.717) is 6.04 Å². The average Bonchev–Trinajstić information content (AvgIpc) is 2.36. The third kappa shape index (κ3) is 4.91. The number of rotatable bonds is 4. The molecule has 1 fully saturated rings. The Bertz CT molecular complexity index is 279. The van der Waals surface area contributed by atoms with Gasteiger partial charge in [0, 0.05) is 19.1 Å². The number of hydrogen-bond acceptors (Lipinski definition) is 2. The van der Waals surface area contributed by atoms with Crippen molar-refractivity contribution < 1.29 is 0 Å². The Hall–Kier alpha value is -0.820. The first-order chi connectivity index (χ1) is 8.17. The minimum Gasteiger partial charge on any atom is -0.360 e. The van der Waals surface area contributed by atoms with Gasteiger partial charge in [-0.3, -0.25) is 0 Å². The Kier molecular flexibility index (Phi) is 6.28. The first-order valence-electron chi connectivity index (χ1n) is 6.62. The van der Waals surface area contributed by atoms with Crippen LogP contribution in [0.3, 0.4) is 0 Å². The van der Waals surface area contributed by atoms with E-state index < -0.39 is 0 Å². The highest BCUT2D eigenvalue weighted by Crippen LogP contribution is 2.17. The van der Waals surface area contributed by atoms with Gasteiger partial charge in [-0.2, -0.15) is 5.26 Å². The normalized spacial score (nSPS) is 18.2. The van der Waals surface area contributed by atoms with E-state index in [1.165, 1.54) is 32.1 Å². The van der Waals surface area contributed by atoms with Gasteiger partial charge in [0.25, 0.3) is 0 Å². The standard InChI is InChI=1S/C13H23N3S/c1-3-16(10-11(2)9-14)13(17)15-12-7-5-4-6-8-12/h11-12H,3-8,10H2,1-2H3,(H,15,17). The second kappa shape index (κ2) is 7.50. The van der Waals surface area contributed by atoms with E-state index in [1.807, 2.05) is 6.92 Å². The predicted octanol–water partition coefficient (Wildman–Crippen LogP) is 2.68. The maximum Gasteiger partial charge on any atom is 0.169 e. The highest BCUT2D eigenvalue weighted by atomic mass is 32.1. The van der Waals surface area contributed by atoms with E-state index in [-0.39, 0.29) is 5.92 Å². The van der Waals surface area contributed by atoms with Crippen LogP contribution < -0.4 is 5.32 Å². The second-order valence-electron chi connectivity index (χ2n) is 4.85. The van der Waals surface area contributed by atoms with Crippen LogP contribution in [-0.2, 0) is 0 Å². The van der Waals surface area contributed by atoms with E-state index in [0.717, 1.165) is 18.2 Å². The molecule has 0 heterocycles. The summed E-state index contributed by atoms with van der Waals surface area (Å²) in [5.74, 6) is 0.0288. The summed E-state index contributed by atoms with van der Waals surface area (Å²) in [4.78, 5) is 2.10. The third-order valence-corrected chi connectivity index (χ3v) is 3.69. The van der Waals surface area contributed by atoms with Crippen molar-refractivity contribution in [2.75, 3.05) is 13.1 Å². The van der Waals surface area contributed by atoms with Crippen LogP contribution in [0.1, 0.15) is 46.0 Å². The van der Waals surface area contributed by atoms with Crippen LogP contribution in [0.25, 0.3) is 0 Å². The molecule has 0 amide bonds. The molecule has 0 spiro atoms. The van der Waals surface area contributed by atoms with Crippen LogP contribution in [0.15, 0.2) is 0 Å².